The SMILES string of the molecule is Cc1cc(C)cc(CN(C)CCNC(C)C)c1. The Morgan fingerprint density at radius 1 is 1.12 bits per heavy atom. The summed E-state index contributed by atoms with van der Waals surface area (Å²) in [5.41, 5.74) is 4.12. The predicted octanol–water partition coefficient (Wildman–Crippen LogP) is 2.73. The zero-order valence-electron chi connectivity index (χ0n) is 11.9. The van der Waals surface area contributed by atoms with Gasteiger partial charge in [-0.2, -0.15) is 0 Å². The molecule has 17 heavy (non-hydrogen) atoms. The molecule has 0 aliphatic carbocycles. The fourth-order valence-corrected chi connectivity index (χ4v) is 2.10. The van der Waals surface area contributed by atoms with Crippen LogP contribution in [0.2, 0.25) is 0 Å². The third kappa shape index (κ3) is 5.85. The van der Waals surface area contributed by atoms with E-state index in [1.807, 2.05) is 0 Å². The van der Waals surface area contributed by atoms with Crippen LogP contribution in [0.25, 0.3) is 0 Å². The molecule has 0 radical (unpaired) electrons. The van der Waals surface area contributed by atoms with Crippen LogP contribution in [-0.2, 0) is 6.54 Å². The van der Waals surface area contributed by atoms with Crippen LogP contribution in [0, 0.1) is 13.8 Å². The van der Waals surface area contributed by atoms with Gasteiger partial charge in [0.2, 0.25) is 0 Å². The van der Waals surface area contributed by atoms with Gasteiger partial charge in [0, 0.05) is 25.7 Å². The second-order valence-corrected chi connectivity index (χ2v) is 5.34. The minimum Gasteiger partial charge on any atom is -0.313 e. The van der Waals surface area contributed by atoms with Crippen molar-refractivity contribution in [2.45, 2.75) is 40.3 Å². The third-order valence-electron chi connectivity index (χ3n) is 2.78. The van der Waals surface area contributed by atoms with E-state index in [2.05, 4.69) is 63.2 Å². The van der Waals surface area contributed by atoms with Gasteiger partial charge in [-0.1, -0.05) is 43.2 Å². The lowest BCUT2D eigenvalue weighted by Gasteiger charge is -2.18. The molecule has 0 aliphatic rings. The number of likely N-dealkylation sites (N-methyl/N-ethyl adjacent to an activating group) is 1. The number of hydrogen-bond acceptors (Lipinski definition) is 2. The maximum absolute atomic E-state index is 3.44. The smallest absolute Gasteiger partial charge is 0.0231 e. The average molecular weight is 234 g/mol. The topological polar surface area (TPSA) is 15.3 Å². The van der Waals surface area contributed by atoms with Crippen LogP contribution in [0.4, 0.5) is 0 Å². The summed E-state index contributed by atoms with van der Waals surface area (Å²) in [5.74, 6) is 0. The largest absolute Gasteiger partial charge is 0.313 e. The molecule has 0 bridgehead atoms. The monoisotopic (exact) mass is 234 g/mol. The molecule has 2 nitrogen and oxygen atoms in total. The van der Waals surface area contributed by atoms with Gasteiger partial charge in [0.1, 0.15) is 0 Å². The van der Waals surface area contributed by atoms with Gasteiger partial charge in [0.25, 0.3) is 0 Å². The summed E-state index contributed by atoms with van der Waals surface area (Å²) in [6.07, 6.45) is 0. The Hall–Kier alpha value is -0.860. The average Bonchev–Trinajstić information content (AvgIpc) is 2.14. The first-order valence-corrected chi connectivity index (χ1v) is 6.46. The van der Waals surface area contributed by atoms with Crippen molar-refractivity contribution in [1.29, 1.82) is 0 Å². The van der Waals surface area contributed by atoms with Crippen LogP contribution in [0.1, 0.15) is 30.5 Å². The van der Waals surface area contributed by atoms with Crippen molar-refractivity contribution < 1.29 is 0 Å². The minimum absolute atomic E-state index is 0.574. The van der Waals surface area contributed by atoms with Gasteiger partial charge in [-0.05, 0) is 26.5 Å². The lowest BCUT2D eigenvalue weighted by molar-refractivity contribution is 0.320. The van der Waals surface area contributed by atoms with E-state index in [1.165, 1.54) is 16.7 Å². The highest BCUT2D eigenvalue weighted by Crippen LogP contribution is 2.10. The molecule has 1 N–H and O–H groups in total. The van der Waals surface area contributed by atoms with Gasteiger partial charge in [0.05, 0.1) is 0 Å². The van der Waals surface area contributed by atoms with E-state index in [9.17, 15) is 0 Å². The third-order valence-corrected chi connectivity index (χ3v) is 2.78. The van der Waals surface area contributed by atoms with E-state index >= 15 is 0 Å². The maximum Gasteiger partial charge on any atom is 0.0231 e. The van der Waals surface area contributed by atoms with Crippen molar-refractivity contribution in [2.24, 2.45) is 0 Å². The van der Waals surface area contributed by atoms with E-state index < -0.39 is 0 Å². The standard InChI is InChI=1S/C15H26N2/c1-12(2)16-6-7-17(5)11-15-9-13(3)8-14(4)10-15/h8-10,12,16H,6-7,11H2,1-5H3. The molecule has 0 aliphatic heterocycles. The van der Waals surface area contributed by atoms with Crippen molar-refractivity contribution in [2.75, 3.05) is 20.1 Å². The minimum atomic E-state index is 0.574. The van der Waals surface area contributed by atoms with Crippen molar-refractivity contribution in [3.8, 4) is 0 Å². The molecule has 0 aromatic heterocycles. The highest BCUT2D eigenvalue weighted by atomic mass is 15.1. The summed E-state index contributed by atoms with van der Waals surface area (Å²) in [6.45, 7) is 11.9. The van der Waals surface area contributed by atoms with Crippen LogP contribution in [0.3, 0.4) is 0 Å². The normalized spacial score (nSPS) is 11.5. The Balaban J connectivity index is 2.42. The number of aryl methyl sites for hydroxylation is 2. The molecule has 0 saturated carbocycles. The Kier molecular flexibility index (Phi) is 5.66. The number of rotatable bonds is 6. The lowest BCUT2D eigenvalue weighted by Crippen LogP contribution is -2.32. The van der Waals surface area contributed by atoms with E-state index in [1.54, 1.807) is 0 Å². The molecular weight excluding hydrogens is 208 g/mol. The summed E-state index contributed by atoms with van der Waals surface area (Å²) in [7, 11) is 2.18. The fraction of sp³-hybridized carbons (Fsp3) is 0.600. The Bertz CT molecular complexity index is 325. The van der Waals surface area contributed by atoms with Crippen LogP contribution in [0.15, 0.2) is 18.2 Å². The van der Waals surface area contributed by atoms with E-state index in [4.69, 9.17) is 0 Å². The zero-order valence-corrected chi connectivity index (χ0v) is 11.9. The summed E-state index contributed by atoms with van der Waals surface area (Å²) in [6, 6.07) is 7.35. The molecule has 2 heteroatoms. The quantitative estimate of drug-likeness (QED) is 0.814. The molecule has 0 spiro atoms. The molecule has 1 aromatic carbocycles. The Morgan fingerprint density at radius 3 is 2.24 bits per heavy atom. The van der Waals surface area contributed by atoms with Crippen LogP contribution in [-0.4, -0.2) is 31.1 Å². The lowest BCUT2D eigenvalue weighted by atomic mass is 10.1. The summed E-state index contributed by atoms with van der Waals surface area (Å²) < 4.78 is 0. The molecule has 1 rings (SSSR count). The van der Waals surface area contributed by atoms with Crippen molar-refractivity contribution in [3.05, 3.63) is 34.9 Å². The second kappa shape index (κ2) is 6.77. The number of benzene rings is 1. The molecule has 0 saturated heterocycles. The predicted molar refractivity (Wildman–Crippen MR) is 75.4 cm³/mol. The van der Waals surface area contributed by atoms with E-state index in [0.717, 1.165) is 19.6 Å². The van der Waals surface area contributed by atoms with Crippen molar-refractivity contribution in [1.82, 2.24) is 10.2 Å². The molecule has 96 valence electrons. The van der Waals surface area contributed by atoms with Crippen LogP contribution >= 0.6 is 0 Å². The van der Waals surface area contributed by atoms with Crippen molar-refractivity contribution >= 4 is 0 Å². The first-order valence-electron chi connectivity index (χ1n) is 6.46. The molecule has 0 unspecified atom stereocenters. The molecule has 0 atom stereocenters. The first-order chi connectivity index (χ1) is 7.97. The highest BCUT2D eigenvalue weighted by molar-refractivity contribution is 5.28. The Labute approximate surface area is 106 Å². The molecule has 1 aromatic rings. The van der Waals surface area contributed by atoms with E-state index in [-0.39, 0.29) is 0 Å². The molecule has 0 heterocycles. The maximum atomic E-state index is 3.44. The van der Waals surface area contributed by atoms with Crippen molar-refractivity contribution in [3.63, 3.8) is 0 Å². The van der Waals surface area contributed by atoms with Gasteiger partial charge in [0.15, 0.2) is 0 Å². The van der Waals surface area contributed by atoms with Gasteiger partial charge in [-0.3, -0.25) is 0 Å². The van der Waals surface area contributed by atoms with E-state index in [0.29, 0.717) is 6.04 Å². The van der Waals surface area contributed by atoms with Gasteiger partial charge < -0.3 is 10.2 Å². The second-order valence-electron chi connectivity index (χ2n) is 5.34. The number of hydrogen-bond donors (Lipinski definition) is 1. The molecule has 0 amide bonds. The van der Waals surface area contributed by atoms with Gasteiger partial charge >= 0.3 is 0 Å². The number of nitrogens with zero attached hydrogens (tertiary/aromatic N) is 1. The first kappa shape index (κ1) is 14.2. The summed E-state index contributed by atoms with van der Waals surface area (Å²) >= 11 is 0. The van der Waals surface area contributed by atoms with Gasteiger partial charge in [-0.25, -0.2) is 0 Å². The summed E-state index contributed by atoms with van der Waals surface area (Å²) in [4.78, 5) is 2.36. The summed E-state index contributed by atoms with van der Waals surface area (Å²) in [5, 5.41) is 3.44. The highest BCUT2D eigenvalue weighted by Gasteiger charge is 2.02. The fourth-order valence-electron chi connectivity index (χ4n) is 2.10. The Morgan fingerprint density at radius 2 is 1.71 bits per heavy atom. The van der Waals surface area contributed by atoms with Crippen LogP contribution < -0.4 is 5.32 Å². The zero-order chi connectivity index (χ0) is 12.8. The number of nitrogens with one attached hydrogen (secondary N) is 1. The van der Waals surface area contributed by atoms with Gasteiger partial charge in [-0.15, -0.1) is 0 Å². The molecular formula is C15H26N2. The van der Waals surface area contributed by atoms with Crippen LogP contribution in [0.5, 0.6) is 0 Å². The molecule has 0 fully saturated rings.